The molecule has 1 aromatic rings. The number of benzene rings is 1. The fraction of sp³-hybridized carbons (Fsp3) is 0.562. The first-order valence-electron chi connectivity index (χ1n) is 7.94. The molecular weight excluding hydrogens is 314 g/mol. The monoisotopic (exact) mass is 337 g/mol. The van der Waals surface area contributed by atoms with Gasteiger partial charge in [0, 0.05) is 52.2 Å². The lowest BCUT2D eigenvalue weighted by Gasteiger charge is -2.47. The molecule has 2 aliphatic heterocycles. The van der Waals surface area contributed by atoms with E-state index in [9.17, 15) is 13.2 Å². The second-order valence-electron chi connectivity index (χ2n) is 6.33. The van der Waals surface area contributed by atoms with Gasteiger partial charge in [0.15, 0.2) is 0 Å². The van der Waals surface area contributed by atoms with Crippen LogP contribution in [0.3, 0.4) is 0 Å². The van der Waals surface area contributed by atoms with Crippen LogP contribution in [-0.2, 0) is 14.8 Å². The van der Waals surface area contributed by atoms with Gasteiger partial charge in [0.2, 0.25) is 15.9 Å². The summed E-state index contributed by atoms with van der Waals surface area (Å²) in [4.78, 5) is 15.8. The second kappa shape index (κ2) is 6.22. The van der Waals surface area contributed by atoms with E-state index in [0.29, 0.717) is 18.0 Å². The van der Waals surface area contributed by atoms with Crippen molar-refractivity contribution in [2.75, 3.05) is 39.3 Å². The summed E-state index contributed by atoms with van der Waals surface area (Å²) in [5, 5.41) is 0. The van der Waals surface area contributed by atoms with Gasteiger partial charge in [0.05, 0.1) is 4.90 Å². The SMILES string of the molecule is CC(=O)N1CCN(C2CN(S(=O)(=O)c3ccc(C)cc3)C2)CC1. The zero-order valence-corrected chi connectivity index (χ0v) is 14.4. The van der Waals surface area contributed by atoms with Crippen molar-refractivity contribution in [1.29, 1.82) is 0 Å². The van der Waals surface area contributed by atoms with Gasteiger partial charge < -0.3 is 4.90 Å². The molecule has 1 amide bonds. The average molecular weight is 337 g/mol. The normalized spacial score (nSPS) is 21.2. The van der Waals surface area contributed by atoms with E-state index in [1.807, 2.05) is 24.0 Å². The number of carbonyl (C=O) groups is 1. The fourth-order valence-electron chi connectivity index (χ4n) is 3.11. The molecule has 0 spiro atoms. The molecule has 0 unspecified atom stereocenters. The Balaban J connectivity index is 1.57. The van der Waals surface area contributed by atoms with Gasteiger partial charge in [0.1, 0.15) is 0 Å². The van der Waals surface area contributed by atoms with Crippen LogP contribution in [0.1, 0.15) is 12.5 Å². The van der Waals surface area contributed by atoms with Crippen LogP contribution in [0, 0.1) is 6.92 Å². The highest BCUT2D eigenvalue weighted by Crippen LogP contribution is 2.25. The van der Waals surface area contributed by atoms with Crippen LogP contribution >= 0.6 is 0 Å². The number of hydrogen-bond donors (Lipinski definition) is 0. The molecule has 2 saturated heterocycles. The molecule has 7 heteroatoms. The molecule has 3 rings (SSSR count). The molecule has 0 N–H and O–H groups in total. The minimum Gasteiger partial charge on any atom is -0.340 e. The predicted molar refractivity (Wildman–Crippen MR) is 87.6 cm³/mol. The maximum Gasteiger partial charge on any atom is 0.243 e. The largest absolute Gasteiger partial charge is 0.340 e. The third kappa shape index (κ3) is 3.27. The van der Waals surface area contributed by atoms with Crippen LogP contribution in [0.25, 0.3) is 0 Å². The van der Waals surface area contributed by atoms with Gasteiger partial charge in [-0.2, -0.15) is 4.31 Å². The first-order chi connectivity index (χ1) is 10.9. The summed E-state index contributed by atoms with van der Waals surface area (Å²) in [5.41, 5.74) is 1.05. The number of nitrogens with zero attached hydrogens (tertiary/aromatic N) is 3. The molecule has 0 atom stereocenters. The van der Waals surface area contributed by atoms with Crippen molar-refractivity contribution in [3.63, 3.8) is 0 Å². The van der Waals surface area contributed by atoms with E-state index in [-0.39, 0.29) is 11.9 Å². The molecule has 0 saturated carbocycles. The summed E-state index contributed by atoms with van der Waals surface area (Å²) in [7, 11) is -3.37. The van der Waals surface area contributed by atoms with Gasteiger partial charge in [-0.15, -0.1) is 0 Å². The number of hydrogen-bond acceptors (Lipinski definition) is 4. The Morgan fingerprint density at radius 2 is 1.61 bits per heavy atom. The van der Waals surface area contributed by atoms with Gasteiger partial charge in [-0.05, 0) is 19.1 Å². The maximum atomic E-state index is 12.5. The zero-order chi connectivity index (χ0) is 16.6. The third-order valence-electron chi connectivity index (χ3n) is 4.76. The average Bonchev–Trinajstić information content (AvgIpc) is 2.46. The summed E-state index contributed by atoms with van der Waals surface area (Å²) in [5.74, 6) is 0.113. The number of piperazine rings is 1. The van der Waals surface area contributed by atoms with Gasteiger partial charge >= 0.3 is 0 Å². The van der Waals surface area contributed by atoms with E-state index in [1.54, 1.807) is 23.4 Å². The molecule has 2 aliphatic rings. The fourth-order valence-corrected chi connectivity index (χ4v) is 4.62. The summed E-state index contributed by atoms with van der Waals surface area (Å²) in [6, 6.07) is 7.26. The predicted octanol–water partition coefficient (Wildman–Crippen LogP) is 0.532. The zero-order valence-electron chi connectivity index (χ0n) is 13.6. The summed E-state index contributed by atoms with van der Waals surface area (Å²) < 4.78 is 26.6. The Hall–Kier alpha value is -1.44. The van der Waals surface area contributed by atoms with Crippen molar-refractivity contribution in [2.24, 2.45) is 0 Å². The van der Waals surface area contributed by atoms with Crippen molar-refractivity contribution < 1.29 is 13.2 Å². The van der Waals surface area contributed by atoms with Gasteiger partial charge in [-0.3, -0.25) is 9.69 Å². The van der Waals surface area contributed by atoms with Crippen LogP contribution in [0.15, 0.2) is 29.2 Å². The first-order valence-corrected chi connectivity index (χ1v) is 9.38. The Morgan fingerprint density at radius 1 is 1.04 bits per heavy atom. The number of rotatable bonds is 3. The van der Waals surface area contributed by atoms with E-state index in [0.717, 1.165) is 31.7 Å². The molecule has 2 heterocycles. The molecule has 1 aromatic carbocycles. The lowest BCUT2D eigenvalue weighted by atomic mass is 10.1. The lowest BCUT2D eigenvalue weighted by Crippen LogP contribution is -2.64. The molecule has 0 aliphatic carbocycles. The summed E-state index contributed by atoms with van der Waals surface area (Å²) in [6.07, 6.45) is 0. The van der Waals surface area contributed by atoms with Crippen molar-refractivity contribution in [3.05, 3.63) is 29.8 Å². The van der Waals surface area contributed by atoms with Crippen LogP contribution in [0.2, 0.25) is 0 Å². The highest BCUT2D eigenvalue weighted by Gasteiger charge is 2.40. The second-order valence-corrected chi connectivity index (χ2v) is 8.27. The van der Waals surface area contributed by atoms with Crippen molar-refractivity contribution in [3.8, 4) is 0 Å². The maximum absolute atomic E-state index is 12.5. The minimum atomic E-state index is -3.37. The number of amides is 1. The first kappa shape index (κ1) is 16.4. The highest BCUT2D eigenvalue weighted by atomic mass is 32.2. The van der Waals surface area contributed by atoms with E-state index < -0.39 is 10.0 Å². The molecule has 23 heavy (non-hydrogen) atoms. The van der Waals surface area contributed by atoms with E-state index in [2.05, 4.69) is 4.90 Å². The topological polar surface area (TPSA) is 60.9 Å². The van der Waals surface area contributed by atoms with Crippen LogP contribution in [0.5, 0.6) is 0 Å². The van der Waals surface area contributed by atoms with Crippen molar-refractivity contribution in [2.45, 2.75) is 24.8 Å². The molecule has 0 bridgehead atoms. The minimum absolute atomic E-state index is 0.113. The molecular formula is C16H23N3O3S. The van der Waals surface area contributed by atoms with E-state index in [4.69, 9.17) is 0 Å². The molecule has 126 valence electrons. The highest BCUT2D eigenvalue weighted by molar-refractivity contribution is 7.89. The van der Waals surface area contributed by atoms with Crippen LogP contribution < -0.4 is 0 Å². The standard InChI is InChI=1S/C16H23N3O3S/c1-13-3-5-16(6-4-13)23(21,22)19-11-15(12-19)18-9-7-17(8-10-18)14(2)20/h3-6,15H,7-12H2,1-2H3. The molecule has 0 aromatic heterocycles. The molecule has 0 radical (unpaired) electrons. The molecule has 2 fully saturated rings. The Morgan fingerprint density at radius 3 is 2.13 bits per heavy atom. The van der Waals surface area contributed by atoms with E-state index in [1.165, 1.54) is 0 Å². The van der Waals surface area contributed by atoms with Crippen molar-refractivity contribution >= 4 is 15.9 Å². The quantitative estimate of drug-likeness (QED) is 0.807. The van der Waals surface area contributed by atoms with Gasteiger partial charge in [0.25, 0.3) is 0 Å². The van der Waals surface area contributed by atoms with Crippen LogP contribution in [0.4, 0.5) is 0 Å². The molecule has 6 nitrogen and oxygen atoms in total. The lowest BCUT2D eigenvalue weighted by molar-refractivity contribution is -0.131. The number of aryl methyl sites for hydroxylation is 1. The van der Waals surface area contributed by atoms with Gasteiger partial charge in [-0.25, -0.2) is 8.42 Å². The number of sulfonamides is 1. The van der Waals surface area contributed by atoms with E-state index >= 15 is 0 Å². The van der Waals surface area contributed by atoms with Gasteiger partial charge in [-0.1, -0.05) is 17.7 Å². The summed E-state index contributed by atoms with van der Waals surface area (Å²) >= 11 is 0. The summed E-state index contributed by atoms with van der Waals surface area (Å²) in [6.45, 7) is 7.72. The van der Waals surface area contributed by atoms with Crippen LogP contribution in [-0.4, -0.2) is 73.7 Å². The Bertz CT molecular complexity index is 673. The Kier molecular flexibility index (Phi) is 4.44. The van der Waals surface area contributed by atoms with Crippen molar-refractivity contribution in [1.82, 2.24) is 14.1 Å². The number of carbonyl (C=O) groups excluding carboxylic acids is 1. The third-order valence-corrected chi connectivity index (χ3v) is 6.61. The smallest absolute Gasteiger partial charge is 0.243 e. The Labute approximate surface area is 137 Å².